The molecule has 3 heteroatoms. The summed E-state index contributed by atoms with van der Waals surface area (Å²) >= 11 is 0. The van der Waals surface area contributed by atoms with Gasteiger partial charge in [0.05, 0.1) is 5.25 Å². The van der Waals surface area contributed by atoms with Crippen LogP contribution in [-0.4, -0.2) is 15.2 Å². The van der Waals surface area contributed by atoms with Crippen molar-refractivity contribution >= 4 is 10.8 Å². The van der Waals surface area contributed by atoms with Gasteiger partial charge in [-0.3, -0.25) is 4.21 Å². The second kappa shape index (κ2) is 5.78. The number of hydrogen-bond donors (Lipinski definition) is 1. The highest BCUT2D eigenvalue weighted by Crippen LogP contribution is 2.32. The topological polar surface area (TPSA) is 43.1 Å². The molecule has 0 heterocycles. The molecule has 1 aliphatic carbocycles. The fourth-order valence-electron chi connectivity index (χ4n) is 2.49. The van der Waals surface area contributed by atoms with Crippen molar-refractivity contribution in [3.8, 4) is 0 Å². The molecule has 17 heavy (non-hydrogen) atoms. The van der Waals surface area contributed by atoms with E-state index in [-0.39, 0.29) is 11.3 Å². The maximum atomic E-state index is 12.2. The van der Waals surface area contributed by atoms with Crippen LogP contribution in [0.25, 0.3) is 0 Å². The van der Waals surface area contributed by atoms with Crippen molar-refractivity contribution in [1.29, 1.82) is 0 Å². The fourth-order valence-corrected chi connectivity index (χ4v) is 4.12. The molecule has 3 atom stereocenters. The lowest BCUT2D eigenvalue weighted by atomic mass is 10.1. The number of nitrogens with two attached hydrogens (primary N) is 1. The summed E-state index contributed by atoms with van der Waals surface area (Å²) < 4.78 is 12.2. The normalized spacial score (nSPS) is 24.6. The Morgan fingerprint density at radius 2 is 2.12 bits per heavy atom. The zero-order valence-electron chi connectivity index (χ0n) is 10.4. The van der Waals surface area contributed by atoms with Gasteiger partial charge in [-0.1, -0.05) is 44.0 Å². The van der Waals surface area contributed by atoms with E-state index in [1.807, 2.05) is 12.1 Å². The molecule has 2 N–H and O–H groups in total. The third-order valence-corrected chi connectivity index (χ3v) is 5.35. The van der Waals surface area contributed by atoms with Crippen molar-refractivity contribution in [2.45, 2.75) is 43.9 Å². The summed E-state index contributed by atoms with van der Waals surface area (Å²) in [5, 5.41) is 0.129. The van der Waals surface area contributed by atoms with Gasteiger partial charge in [0, 0.05) is 22.6 Å². The molecule has 1 aromatic rings. The van der Waals surface area contributed by atoms with Crippen molar-refractivity contribution in [2.24, 2.45) is 5.73 Å². The minimum atomic E-state index is -0.778. The maximum absolute atomic E-state index is 12.2. The first-order valence-electron chi connectivity index (χ1n) is 6.44. The second-order valence-electron chi connectivity index (χ2n) is 4.76. The van der Waals surface area contributed by atoms with Gasteiger partial charge in [-0.05, 0) is 24.0 Å². The molecule has 1 aliphatic rings. The second-order valence-corrected chi connectivity index (χ2v) is 6.53. The van der Waals surface area contributed by atoms with Crippen LogP contribution in [0.5, 0.6) is 0 Å². The van der Waals surface area contributed by atoms with Crippen LogP contribution >= 0.6 is 0 Å². The zero-order valence-corrected chi connectivity index (χ0v) is 11.2. The highest BCUT2D eigenvalue weighted by molar-refractivity contribution is 7.85. The molecule has 0 saturated heterocycles. The Hall–Kier alpha value is -0.670. The Bertz CT molecular complexity index is 405. The first-order chi connectivity index (χ1) is 8.24. The average molecular weight is 251 g/mol. The lowest BCUT2D eigenvalue weighted by Gasteiger charge is -2.15. The van der Waals surface area contributed by atoms with Crippen LogP contribution in [0.15, 0.2) is 24.3 Å². The molecule has 0 radical (unpaired) electrons. The minimum Gasteiger partial charge on any atom is -0.323 e. The van der Waals surface area contributed by atoms with E-state index in [1.54, 1.807) is 0 Å². The first-order valence-corrected chi connectivity index (χ1v) is 7.82. The van der Waals surface area contributed by atoms with Crippen LogP contribution in [0.1, 0.15) is 43.4 Å². The van der Waals surface area contributed by atoms with E-state index in [1.165, 1.54) is 24.0 Å². The van der Waals surface area contributed by atoms with Gasteiger partial charge >= 0.3 is 0 Å². The molecule has 0 spiro atoms. The molecule has 0 amide bonds. The van der Waals surface area contributed by atoms with Gasteiger partial charge in [0.1, 0.15) is 0 Å². The average Bonchev–Trinajstić information content (AvgIpc) is 2.68. The fraction of sp³-hybridized carbons (Fsp3) is 0.571. The van der Waals surface area contributed by atoms with Crippen molar-refractivity contribution in [2.75, 3.05) is 5.75 Å². The van der Waals surface area contributed by atoms with Crippen molar-refractivity contribution in [3.05, 3.63) is 35.4 Å². The van der Waals surface area contributed by atoms with Gasteiger partial charge in [-0.2, -0.15) is 0 Å². The van der Waals surface area contributed by atoms with E-state index >= 15 is 0 Å². The van der Waals surface area contributed by atoms with Crippen LogP contribution in [-0.2, 0) is 17.2 Å². The van der Waals surface area contributed by atoms with E-state index < -0.39 is 10.8 Å². The van der Waals surface area contributed by atoms with Crippen LogP contribution in [0, 0.1) is 0 Å². The molecule has 94 valence electrons. The highest BCUT2D eigenvalue weighted by Gasteiger charge is 2.33. The van der Waals surface area contributed by atoms with Gasteiger partial charge in [-0.15, -0.1) is 0 Å². The van der Waals surface area contributed by atoms with Crippen LogP contribution < -0.4 is 5.73 Å². The molecule has 0 saturated carbocycles. The monoisotopic (exact) mass is 251 g/mol. The Kier molecular flexibility index (Phi) is 4.35. The predicted octanol–water partition coefficient (Wildman–Crippen LogP) is 2.55. The molecular formula is C14H21NOS. The molecule has 0 bridgehead atoms. The summed E-state index contributed by atoms with van der Waals surface area (Å²) in [6, 6.07) is 8.20. The van der Waals surface area contributed by atoms with Crippen LogP contribution in [0.3, 0.4) is 0 Å². The van der Waals surface area contributed by atoms with Gasteiger partial charge in [-0.25, -0.2) is 0 Å². The molecule has 2 rings (SSSR count). The summed E-state index contributed by atoms with van der Waals surface area (Å²) in [7, 11) is -0.778. The molecule has 0 fully saturated rings. The SMILES string of the molecule is CCCCCS(=O)C1Cc2ccccc2C1N. The number of hydrogen-bond acceptors (Lipinski definition) is 2. The van der Waals surface area contributed by atoms with Gasteiger partial charge < -0.3 is 5.73 Å². The summed E-state index contributed by atoms with van der Waals surface area (Å²) in [6.45, 7) is 2.17. The van der Waals surface area contributed by atoms with E-state index in [0.717, 1.165) is 18.6 Å². The number of benzene rings is 1. The highest BCUT2D eigenvalue weighted by atomic mass is 32.2. The Balaban J connectivity index is 1.99. The maximum Gasteiger partial charge on any atom is 0.0581 e. The smallest absolute Gasteiger partial charge is 0.0581 e. The zero-order chi connectivity index (χ0) is 12.3. The van der Waals surface area contributed by atoms with Crippen molar-refractivity contribution in [1.82, 2.24) is 0 Å². The minimum absolute atomic E-state index is 0.0336. The lowest BCUT2D eigenvalue weighted by molar-refractivity contribution is 0.640. The van der Waals surface area contributed by atoms with Crippen molar-refractivity contribution < 1.29 is 4.21 Å². The Morgan fingerprint density at radius 1 is 1.35 bits per heavy atom. The Morgan fingerprint density at radius 3 is 2.82 bits per heavy atom. The predicted molar refractivity (Wildman–Crippen MR) is 73.4 cm³/mol. The van der Waals surface area contributed by atoms with Crippen LogP contribution in [0.2, 0.25) is 0 Å². The van der Waals surface area contributed by atoms with Crippen molar-refractivity contribution in [3.63, 3.8) is 0 Å². The molecule has 2 nitrogen and oxygen atoms in total. The molecule has 1 aromatic carbocycles. The number of rotatable bonds is 5. The largest absolute Gasteiger partial charge is 0.323 e. The van der Waals surface area contributed by atoms with Gasteiger partial charge in [0.25, 0.3) is 0 Å². The third-order valence-electron chi connectivity index (χ3n) is 3.52. The quantitative estimate of drug-likeness (QED) is 0.817. The number of unbranched alkanes of at least 4 members (excludes halogenated alkanes) is 2. The van der Waals surface area contributed by atoms with E-state index in [2.05, 4.69) is 19.1 Å². The van der Waals surface area contributed by atoms with Crippen LogP contribution in [0.4, 0.5) is 0 Å². The standard InChI is InChI=1S/C14H21NOS/c1-2-3-6-9-17(16)13-10-11-7-4-5-8-12(11)14(13)15/h4-5,7-8,13-14H,2-3,6,9-10,15H2,1H3. The summed E-state index contributed by atoms with van der Waals surface area (Å²) in [6.07, 6.45) is 4.29. The third kappa shape index (κ3) is 2.78. The molecule has 0 aromatic heterocycles. The number of fused-ring (bicyclic) bond motifs is 1. The Labute approximate surface area is 106 Å². The van der Waals surface area contributed by atoms with E-state index in [9.17, 15) is 4.21 Å². The molecule has 0 aliphatic heterocycles. The summed E-state index contributed by atoms with van der Waals surface area (Å²) in [5.41, 5.74) is 8.68. The van der Waals surface area contributed by atoms with E-state index in [4.69, 9.17) is 5.73 Å². The lowest BCUT2D eigenvalue weighted by Crippen LogP contribution is -2.28. The molecule has 3 unspecified atom stereocenters. The van der Waals surface area contributed by atoms with E-state index in [0.29, 0.717) is 0 Å². The van der Waals surface area contributed by atoms with Gasteiger partial charge in [0.15, 0.2) is 0 Å². The van der Waals surface area contributed by atoms with Gasteiger partial charge in [0.2, 0.25) is 0 Å². The summed E-state index contributed by atoms with van der Waals surface area (Å²) in [4.78, 5) is 0. The molecular weight excluding hydrogens is 230 g/mol. The summed E-state index contributed by atoms with van der Waals surface area (Å²) in [5.74, 6) is 0.806. The first kappa shape index (κ1) is 12.8.